The molecule has 0 spiro atoms. The van der Waals surface area contributed by atoms with Crippen LogP contribution in [0.1, 0.15) is 50.1 Å². The largest absolute Gasteiger partial charge is 0.481 e. The van der Waals surface area contributed by atoms with E-state index in [-0.39, 0.29) is 12.1 Å². The van der Waals surface area contributed by atoms with Gasteiger partial charge in [-0.1, -0.05) is 0 Å². The van der Waals surface area contributed by atoms with Crippen molar-refractivity contribution in [3.05, 3.63) is 30.4 Å². The molecule has 24 heavy (non-hydrogen) atoms. The average molecular weight is 331 g/mol. The summed E-state index contributed by atoms with van der Waals surface area (Å²) < 4.78 is 22.4. The van der Waals surface area contributed by atoms with E-state index in [1.54, 1.807) is 7.11 Å². The third-order valence-electron chi connectivity index (χ3n) is 5.47. The molecule has 0 radical (unpaired) electrons. The number of alkyl halides is 1. The van der Waals surface area contributed by atoms with Crippen molar-refractivity contribution in [2.75, 3.05) is 7.11 Å². The van der Waals surface area contributed by atoms with Crippen LogP contribution in [0.4, 0.5) is 4.39 Å². The molecule has 0 aromatic carbocycles. The molecule has 2 aromatic heterocycles. The zero-order chi connectivity index (χ0) is 16.7. The van der Waals surface area contributed by atoms with E-state index in [0.29, 0.717) is 44.4 Å². The fourth-order valence-electron chi connectivity index (χ4n) is 4.02. The molecule has 1 N–H and O–H groups in total. The Hall–Kier alpha value is -1.95. The number of halogens is 1. The van der Waals surface area contributed by atoms with Crippen molar-refractivity contribution in [1.29, 1.82) is 0 Å². The number of aliphatic hydroxyl groups excluding tert-OH is 1. The summed E-state index contributed by atoms with van der Waals surface area (Å²) in [5.74, 6) is 0.577. The minimum absolute atomic E-state index is 0.0638. The van der Waals surface area contributed by atoms with Gasteiger partial charge >= 0.3 is 0 Å². The van der Waals surface area contributed by atoms with Crippen LogP contribution in [-0.4, -0.2) is 38.5 Å². The summed E-state index contributed by atoms with van der Waals surface area (Å²) in [4.78, 5) is 8.52. The predicted octanol–water partition coefficient (Wildman–Crippen LogP) is 3.28. The van der Waals surface area contributed by atoms with Crippen molar-refractivity contribution in [3.8, 4) is 17.1 Å². The molecule has 2 aromatic rings. The molecule has 1 aliphatic heterocycles. The molecule has 1 atom stereocenters. The van der Waals surface area contributed by atoms with Crippen LogP contribution in [0, 0.1) is 0 Å². The number of fused-ring (bicyclic) bond motifs is 3. The van der Waals surface area contributed by atoms with Crippen LogP contribution >= 0.6 is 0 Å². The zero-order valence-corrected chi connectivity index (χ0v) is 13.8. The number of pyridine rings is 1. The minimum Gasteiger partial charge on any atom is -0.481 e. The standard InChI is InChI=1S/C18H22FN3O2/c1-24-17-8-13-14(9-21-17)16-10-20-11-22(16)15(13)4-7-18(19)5-2-12(23)3-6-18/h8-12,15,23H,2-7H2,1H3. The van der Waals surface area contributed by atoms with Crippen LogP contribution in [-0.2, 0) is 0 Å². The van der Waals surface area contributed by atoms with Crippen LogP contribution in [0.5, 0.6) is 5.88 Å². The van der Waals surface area contributed by atoms with Crippen LogP contribution < -0.4 is 4.74 Å². The number of aliphatic hydroxyl groups is 1. The van der Waals surface area contributed by atoms with E-state index in [9.17, 15) is 5.11 Å². The molecule has 0 saturated heterocycles. The number of ether oxygens (including phenoxy) is 1. The van der Waals surface area contributed by atoms with Gasteiger partial charge in [0.15, 0.2) is 0 Å². The van der Waals surface area contributed by atoms with Gasteiger partial charge in [-0.05, 0) is 44.1 Å². The van der Waals surface area contributed by atoms with E-state index in [2.05, 4.69) is 14.5 Å². The van der Waals surface area contributed by atoms with Crippen LogP contribution in [0.25, 0.3) is 11.3 Å². The zero-order valence-electron chi connectivity index (χ0n) is 13.8. The van der Waals surface area contributed by atoms with Crippen LogP contribution in [0.15, 0.2) is 24.8 Å². The number of methoxy groups -OCH3 is 1. The van der Waals surface area contributed by atoms with Gasteiger partial charge in [0.05, 0.1) is 37.5 Å². The molecule has 6 heteroatoms. The fourth-order valence-corrected chi connectivity index (χ4v) is 4.02. The molecule has 1 aliphatic carbocycles. The van der Waals surface area contributed by atoms with Gasteiger partial charge in [0.2, 0.25) is 5.88 Å². The Bertz CT molecular complexity index is 738. The maximum absolute atomic E-state index is 15.0. The summed E-state index contributed by atoms with van der Waals surface area (Å²) in [6, 6.07) is 2.01. The second-order valence-corrected chi connectivity index (χ2v) is 6.94. The monoisotopic (exact) mass is 331 g/mol. The van der Waals surface area contributed by atoms with Gasteiger partial charge in [0.25, 0.3) is 0 Å². The highest BCUT2D eigenvalue weighted by Gasteiger charge is 2.37. The van der Waals surface area contributed by atoms with E-state index < -0.39 is 5.67 Å². The van der Waals surface area contributed by atoms with Gasteiger partial charge in [-0.3, -0.25) is 0 Å². The lowest BCUT2D eigenvalue weighted by atomic mass is 9.80. The number of hydrogen-bond donors (Lipinski definition) is 1. The van der Waals surface area contributed by atoms with Crippen LogP contribution in [0.3, 0.4) is 0 Å². The first kappa shape index (κ1) is 15.6. The van der Waals surface area contributed by atoms with E-state index in [4.69, 9.17) is 4.74 Å². The van der Waals surface area contributed by atoms with Gasteiger partial charge in [0.1, 0.15) is 5.67 Å². The summed E-state index contributed by atoms with van der Waals surface area (Å²) in [6.07, 6.45) is 8.33. The van der Waals surface area contributed by atoms with Crippen molar-refractivity contribution in [1.82, 2.24) is 14.5 Å². The highest BCUT2D eigenvalue weighted by Crippen LogP contribution is 2.45. The number of rotatable bonds is 4. The summed E-state index contributed by atoms with van der Waals surface area (Å²) in [5, 5.41) is 9.61. The van der Waals surface area contributed by atoms with Crippen molar-refractivity contribution in [2.45, 2.75) is 56.3 Å². The molecule has 128 valence electrons. The summed E-state index contributed by atoms with van der Waals surface area (Å²) >= 11 is 0. The first-order valence-corrected chi connectivity index (χ1v) is 8.53. The van der Waals surface area contributed by atoms with Crippen LogP contribution in [0.2, 0.25) is 0 Å². The summed E-state index contributed by atoms with van der Waals surface area (Å²) in [6.45, 7) is 0. The van der Waals surface area contributed by atoms with Gasteiger partial charge in [-0.2, -0.15) is 0 Å². The highest BCUT2D eigenvalue weighted by atomic mass is 19.1. The Balaban J connectivity index is 1.57. The second-order valence-electron chi connectivity index (χ2n) is 6.94. The lowest BCUT2D eigenvalue weighted by molar-refractivity contribution is 0.0253. The Morgan fingerprint density at radius 1 is 1.38 bits per heavy atom. The lowest BCUT2D eigenvalue weighted by Gasteiger charge is -2.33. The molecule has 5 nitrogen and oxygen atoms in total. The first-order valence-electron chi connectivity index (χ1n) is 8.53. The molecule has 0 bridgehead atoms. The molecule has 0 amide bonds. The Morgan fingerprint density at radius 2 is 2.17 bits per heavy atom. The SMILES string of the molecule is COc1cc2c(cn1)-c1cncn1C2CCC1(F)CCC(O)CC1. The second kappa shape index (κ2) is 5.84. The van der Waals surface area contributed by atoms with Crippen molar-refractivity contribution >= 4 is 0 Å². The maximum atomic E-state index is 15.0. The minimum atomic E-state index is -1.17. The van der Waals surface area contributed by atoms with E-state index in [1.165, 1.54) is 0 Å². The Kier molecular flexibility index (Phi) is 3.79. The molecule has 1 unspecified atom stereocenters. The maximum Gasteiger partial charge on any atom is 0.213 e. The molecular formula is C18H22FN3O2. The van der Waals surface area contributed by atoms with Crippen molar-refractivity contribution < 1.29 is 14.2 Å². The van der Waals surface area contributed by atoms with Gasteiger partial charge in [0, 0.05) is 17.8 Å². The van der Waals surface area contributed by atoms with Crippen molar-refractivity contribution in [2.24, 2.45) is 0 Å². The molecule has 1 saturated carbocycles. The normalized spacial score (nSPS) is 28.5. The number of imidazole rings is 1. The average Bonchev–Trinajstić information content (AvgIpc) is 3.17. The summed E-state index contributed by atoms with van der Waals surface area (Å²) in [5.41, 5.74) is 2.03. The molecule has 4 rings (SSSR count). The van der Waals surface area contributed by atoms with Gasteiger partial charge in [-0.25, -0.2) is 14.4 Å². The Labute approximate surface area is 140 Å². The number of nitrogens with zero attached hydrogens (tertiary/aromatic N) is 3. The molecule has 2 aliphatic rings. The number of hydrogen-bond acceptors (Lipinski definition) is 4. The van der Waals surface area contributed by atoms with E-state index >= 15 is 4.39 Å². The van der Waals surface area contributed by atoms with Crippen molar-refractivity contribution in [3.63, 3.8) is 0 Å². The Morgan fingerprint density at radius 3 is 2.92 bits per heavy atom. The lowest BCUT2D eigenvalue weighted by Crippen LogP contribution is -2.32. The smallest absolute Gasteiger partial charge is 0.213 e. The third-order valence-corrected chi connectivity index (χ3v) is 5.47. The van der Waals surface area contributed by atoms with E-state index in [1.807, 2.05) is 24.8 Å². The topological polar surface area (TPSA) is 60.2 Å². The first-order chi connectivity index (χ1) is 11.6. The predicted molar refractivity (Wildman–Crippen MR) is 87.7 cm³/mol. The highest BCUT2D eigenvalue weighted by molar-refractivity contribution is 5.68. The summed E-state index contributed by atoms with van der Waals surface area (Å²) in [7, 11) is 1.60. The number of aromatic nitrogens is 3. The van der Waals surface area contributed by atoms with Gasteiger partial charge in [-0.15, -0.1) is 0 Å². The molecule has 3 heterocycles. The van der Waals surface area contributed by atoms with Gasteiger partial charge < -0.3 is 14.4 Å². The molecular weight excluding hydrogens is 309 g/mol. The van der Waals surface area contributed by atoms with E-state index in [0.717, 1.165) is 16.8 Å². The third kappa shape index (κ3) is 2.59. The fraction of sp³-hybridized carbons (Fsp3) is 0.556. The quantitative estimate of drug-likeness (QED) is 0.934. The molecule has 1 fully saturated rings.